The van der Waals surface area contributed by atoms with Crippen LogP contribution in [0.15, 0.2) is 0 Å². The molecule has 0 heterocycles. The fraction of sp³-hybridized carbons (Fsp3) is 1.00. The number of nitrogens with two attached hydrogens (primary N) is 1. The Hall–Kier alpha value is -0.130. The van der Waals surface area contributed by atoms with Crippen LogP contribution in [0.1, 0.15) is 32.6 Å². The average Bonchev–Trinajstić information content (AvgIpc) is 2.05. The summed E-state index contributed by atoms with van der Waals surface area (Å²) in [6.45, 7) is 3.15. The molecule has 0 saturated carbocycles. The molecule has 0 bridgehead atoms. The fourth-order valence-electron chi connectivity index (χ4n) is 0.913. The molecule has 80 valence electrons. The molecule has 0 fully saturated rings. The third kappa shape index (κ3) is 8.21. The Labute approximate surface area is 80.9 Å². The molecule has 0 aliphatic rings. The predicted octanol–water partition coefficient (Wildman–Crippen LogP) is 0.445. The zero-order valence-corrected chi connectivity index (χ0v) is 9.07. The first-order chi connectivity index (χ1) is 6.12. The molecule has 4 nitrogen and oxygen atoms in total. The molecule has 0 aromatic carbocycles. The second kappa shape index (κ2) is 7.29. The Kier molecular flexibility index (Phi) is 7.22. The van der Waals surface area contributed by atoms with Gasteiger partial charge in [-0.1, -0.05) is 13.3 Å². The Morgan fingerprint density at radius 3 is 2.46 bits per heavy atom. The highest BCUT2D eigenvalue weighted by atomic mass is 32.2. The highest BCUT2D eigenvalue weighted by Gasteiger charge is 2.07. The van der Waals surface area contributed by atoms with Gasteiger partial charge in [-0.3, -0.25) is 0 Å². The van der Waals surface area contributed by atoms with Gasteiger partial charge in [0.05, 0.1) is 5.75 Å². The SMILES string of the molecule is CCCCNS(=O)(=O)CCCCN. The van der Waals surface area contributed by atoms with E-state index < -0.39 is 10.0 Å². The van der Waals surface area contributed by atoms with E-state index in [9.17, 15) is 8.42 Å². The van der Waals surface area contributed by atoms with Crippen molar-refractivity contribution in [2.24, 2.45) is 5.73 Å². The molecule has 0 radical (unpaired) electrons. The van der Waals surface area contributed by atoms with Crippen LogP contribution in [0, 0.1) is 0 Å². The topological polar surface area (TPSA) is 72.2 Å². The van der Waals surface area contributed by atoms with Crippen molar-refractivity contribution in [2.45, 2.75) is 32.6 Å². The minimum absolute atomic E-state index is 0.202. The number of nitrogens with one attached hydrogen (secondary N) is 1. The number of rotatable bonds is 8. The van der Waals surface area contributed by atoms with Gasteiger partial charge in [0, 0.05) is 6.54 Å². The lowest BCUT2D eigenvalue weighted by molar-refractivity contribution is 0.574. The maximum Gasteiger partial charge on any atom is 0.211 e. The second-order valence-corrected chi connectivity index (χ2v) is 4.99. The average molecular weight is 208 g/mol. The third-order valence-corrected chi connectivity index (χ3v) is 3.19. The van der Waals surface area contributed by atoms with Gasteiger partial charge in [-0.05, 0) is 25.8 Å². The van der Waals surface area contributed by atoms with E-state index in [-0.39, 0.29) is 5.75 Å². The Bertz CT molecular complexity index is 186. The monoisotopic (exact) mass is 208 g/mol. The van der Waals surface area contributed by atoms with Crippen molar-refractivity contribution in [2.75, 3.05) is 18.8 Å². The van der Waals surface area contributed by atoms with Crippen LogP contribution in [0.25, 0.3) is 0 Å². The highest BCUT2D eigenvalue weighted by molar-refractivity contribution is 7.89. The van der Waals surface area contributed by atoms with E-state index in [4.69, 9.17) is 5.73 Å². The molecule has 0 aliphatic carbocycles. The van der Waals surface area contributed by atoms with Crippen LogP contribution in [0.2, 0.25) is 0 Å². The zero-order valence-electron chi connectivity index (χ0n) is 8.25. The maximum atomic E-state index is 11.2. The van der Waals surface area contributed by atoms with E-state index in [1.54, 1.807) is 0 Å². The molecule has 0 aromatic rings. The van der Waals surface area contributed by atoms with E-state index in [0.717, 1.165) is 19.3 Å². The normalized spacial score (nSPS) is 11.8. The number of sulfonamides is 1. The molecule has 0 saturated heterocycles. The summed E-state index contributed by atoms with van der Waals surface area (Å²) in [5.41, 5.74) is 5.26. The molecule has 0 unspecified atom stereocenters. The summed E-state index contributed by atoms with van der Waals surface area (Å²) in [4.78, 5) is 0. The van der Waals surface area contributed by atoms with E-state index in [0.29, 0.717) is 19.5 Å². The van der Waals surface area contributed by atoms with Crippen LogP contribution in [0.5, 0.6) is 0 Å². The number of unbranched alkanes of at least 4 members (excludes halogenated alkanes) is 2. The molecule has 0 spiro atoms. The minimum Gasteiger partial charge on any atom is -0.330 e. The molecule has 0 amide bonds. The molecular weight excluding hydrogens is 188 g/mol. The molecule has 0 rings (SSSR count). The summed E-state index contributed by atoms with van der Waals surface area (Å²) in [5.74, 6) is 0.202. The minimum atomic E-state index is -3.03. The van der Waals surface area contributed by atoms with Gasteiger partial charge in [-0.15, -0.1) is 0 Å². The molecule has 0 aliphatic heterocycles. The predicted molar refractivity (Wildman–Crippen MR) is 55.0 cm³/mol. The molecule has 0 atom stereocenters. The van der Waals surface area contributed by atoms with Gasteiger partial charge in [-0.2, -0.15) is 0 Å². The van der Waals surface area contributed by atoms with Gasteiger partial charge in [0.2, 0.25) is 10.0 Å². The summed E-state index contributed by atoms with van der Waals surface area (Å²) in [6.07, 6.45) is 3.33. The number of hydrogen-bond acceptors (Lipinski definition) is 3. The van der Waals surface area contributed by atoms with Gasteiger partial charge < -0.3 is 5.73 Å². The standard InChI is InChI=1S/C8H20N2O2S/c1-2-3-7-10-13(11,12)8-5-4-6-9/h10H,2-9H2,1H3. The van der Waals surface area contributed by atoms with E-state index in [1.807, 2.05) is 6.92 Å². The van der Waals surface area contributed by atoms with Gasteiger partial charge in [-0.25, -0.2) is 13.1 Å². The first kappa shape index (κ1) is 12.9. The van der Waals surface area contributed by atoms with E-state index in [1.165, 1.54) is 0 Å². The summed E-state index contributed by atoms with van der Waals surface area (Å²) in [6, 6.07) is 0. The van der Waals surface area contributed by atoms with Gasteiger partial charge in [0.1, 0.15) is 0 Å². The van der Waals surface area contributed by atoms with Crippen molar-refractivity contribution in [3.63, 3.8) is 0 Å². The lowest BCUT2D eigenvalue weighted by Gasteiger charge is -2.04. The molecule has 0 aromatic heterocycles. The quantitative estimate of drug-likeness (QED) is 0.569. The van der Waals surface area contributed by atoms with Gasteiger partial charge in [0.25, 0.3) is 0 Å². The second-order valence-electron chi connectivity index (χ2n) is 3.06. The largest absolute Gasteiger partial charge is 0.330 e. The van der Waals surface area contributed by atoms with Crippen LogP contribution < -0.4 is 10.5 Å². The van der Waals surface area contributed by atoms with Crippen LogP contribution in [0.4, 0.5) is 0 Å². The van der Waals surface area contributed by atoms with Crippen LogP contribution in [-0.2, 0) is 10.0 Å². The van der Waals surface area contributed by atoms with E-state index >= 15 is 0 Å². The Balaban J connectivity index is 3.55. The van der Waals surface area contributed by atoms with Crippen LogP contribution in [-0.4, -0.2) is 27.3 Å². The van der Waals surface area contributed by atoms with Gasteiger partial charge in [0.15, 0.2) is 0 Å². The number of hydrogen-bond donors (Lipinski definition) is 2. The Morgan fingerprint density at radius 1 is 1.23 bits per heavy atom. The first-order valence-corrected chi connectivity index (χ1v) is 6.45. The summed E-state index contributed by atoms with van der Waals surface area (Å²) in [5, 5.41) is 0. The maximum absolute atomic E-state index is 11.2. The smallest absolute Gasteiger partial charge is 0.211 e. The van der Waals surface area contributed by atoms with Crippen LogP contribution in [0.3, 0.4) is 0 Å². The molecule has 3 N–H and O–H groups in total. The summed E-state index contributed by atoms with van der Waals surface area (Å²) in [7, 11) is -3.03. The lowest BCUT2D eigenvalue weighted by atomic mass is 10.3. The summed E-state index contributed by atoms with van der Waals surface area (Å²) < 4.78 is 25.0. The zero-order chi connectivity index (χ0) is 10.2. The molecule has 5 heteroatoms. The lowest BCUT2D eigenvalue weighted by Crippen LogP contribution is -2.27. The highest BCUT2D eigenvalue weighted by Crippen LogP contribution is 1.94. The van der Waals surface area contributed by atoms with Crippen LogP contribution >= 0.6 is 0 Å². The van der Waals surface area contributed by atoms with Crippen molar-refractivity contribution in [3.8, 4) is 0 Å². The van der Waals surface area contributed by atoms with Crippen molar-refractivity contribution >= 4 is 10.0 Å². The molecule has 13 heavy (non-hydrogen) atoms. The first-order valence-electron chi connectivity index (χ1n) is 4.80. The van der Waals surface area contributed by atoms with E-state index in [2.05, 4.69) is 4.72 Å². The van der Waals surface area contributed by atoms with Gasteiger partial charge >= 0.3 is 0 Å². The summed E-state index contributed by atoms with van der Waals surface area (Å²) >= 11 is 0. The fourth-order valence-corrected chi connectivity index (χ4v) is 2.10. The Morgan fingerprint density at radius 2 is 1.92 bits per heavy atom. The van der Waals surface area contributed by atoms with Crippen molar-refractivity contribution in [1.29, 1.82) is 0 Å². The van der Waals surface area contributed by atoms with Crippen molar-refractivity contribution < 1.29 is 8.42 Å². The van der Waals surface area contributed by atoms with Crippen molar-refractivity contribution in [3.05, 3.63) is 0 Å². The van der Waals surface area contributed by atoms with Crippen molar-refractivity contribution in [1.82, 2.24) is 4.72 Å². The molecular formula is C8H20N2O2S. The third-order valence-electron chi connectivity index (χ3n) is 1.72.